The first-order valence-corrected chi connectivity index (χ1v) is 11.0. The van der Waals surface area contributed by atoms with Gasteiger partial charge in [-0.1, -0.05) is 64.6 Å². The predicted molar refractivity (Wildman–Crippen MR) is 118 cm³/mol. The maximum absolute atomic E-state index is 11.1. The summed E-state index contributed by atoms with van der Waals surface area (Å²) in [6.07, 6.45) is 3.26. The number of rotatable bonds is 4. The number of hydrogen-bond acceptors (Lipinski definition) is 2. The summed E-state index contributed by atoms with van der Waals surface area (Å²) in [5, 5.41) is 11.1. The normalized spacial score (nSPS) is 28.9. The lowest BCUT2D eigenvalue weighted by Gasteiger charge is -2.61. The third kappa shape index (κ3) is 2.68. The molecule has 0 aromatic heterocycles. The zero-order chi connectivity index (χ0) is 20.6. The summed E-state index contributed by atoms with van der Waals surface area (Å²) in [5.41, 5.74) is 4.96. The first kappa shape index (κ1) is 18.8. The van der Waals surface area contributed by atoms with Crippen LogP contribution in [0.4, 0.5) is 0 Å². The highest BCUT2D eigenvalue weighted by Crippen LogP contribution is 2.69. The minimum Gasteiger partial charge on any atom is -0.508 e. The van der Waals surface area contributed by atoms with E-state index in [4.69, 9.17) is 4.74 Å². The molecule has 3 fully saturated rings. The van der Waals surface area contributed by atoms with E-state index in [-0.39, 0.29) is 22.9 Å². The largest absolute Gasteiger partial charge is 0.508 e. The molecule has 2 aromatic rings. The molecule has 6 rings (SSSR count). The van der Waals surface area contributed by atoms with Gasteiger partial charge in [-0.2, -0.15) is 0 Å². The van der Waals surface area contributed by atoms with E-state index in [2.05, 4.69) is 70.7 Å². The van der Waals surface area contributed by atoms with Crippen LogP contribution in [-0.2, 0) is 11.8 Å². The van der Waals surface area contributed by atoms with Crippen LogP contribution in [0.5, 0.6) is 11.5 Å². The van der Waals surface area contributed by atoms with Gasteiger partial charge in [-0.25, -0.2) is 0 Å². The maximum Gasteiger partial charge on any atom is 0.127 e. The number of ether oxygens (including phenoxy) is 1. The number of aromatic hydroxyl groups is 1. The molecule has 1 heterocycles. The van der Waals surface area contributed by atoms with Crippen LogP contribution in [0.1, 0.15) is 63.1 Å². The van der Waals surface area contributed by atoms with E-state index in [1.165, 1.54) is 17.6 Å². The molecule has 0 spiro atoms. The highest BCUT2D eigenvalue weighted by atomic mass is 16.5. The van der Waals surface area contributed by atoms with Gasteiger partial charge < -0.3 is 9.84 Å². The van der Waals surface area contributed by atoms with E-state index in [9.17, 15) is 5.11 Å². The fraction of sp³-hybridized carbons (Fsp3) is 0.481. The Bertz CT molecular complexity index is 970. The Hall–Kier alpha value is -2.22. The van der Waals surface area contributed by atoms with Crippen molar-refractivity contribution in [2.24, 2.45) is 17.3 Å². The monoisotopic (exact) mass is 388 g/mol. The van der Waals surface area contributed by atoms with Crippen LogP contribution in [0.15, 0.2) is 54.6 Å². The van der Waals surface area contributed by atoms with Crippen molar-refractivity contribution in [1.82, 2.24) is 0 Å². The van der Waals surface area contributed by atoms with Crippen LogP contribution >= 0.6 is 0 Å². The molecule has 1 N–H and O–H groups in total. The fourth-order valence-electron chi connectivity index (χ4n) is 6.16. The molecule has 2 aromatic carbocycles. The molecule has 0 unspecified atom stereocenters. The topological polar surface area (TPSA) is 29.5 Å². The lowest BCUT2D eigenvalue weighted by molar-refractivity contribution is -0.0727. The van der Waals surface area contributed by atoms with Gasteiger partial charge in [0.15, 0.2) is 0 Å². The van der Waals surface area contributed by atoms with E-state index < -0.39 is 0 Å². The van der Waals surface area contributed by atoms with Gasteiger partial charge in [-0.05, 0) is 70.8 Å². The van der Waals surface area contributed by atoms with Gasteiger partial charge in [0.05, 0.1) is 0 Å². The van der Waals surface area contributed by atoms with Crippen molar-refractivity contribution in [3.8, 4) is 11.5 Å². The molecule has 0 saturated heterocycles. The van der Waals surface area contributed by atoms with Crippen LogP contribution in [0.2, 0.25) is 0 Å². The second kappa shape index (κ2) is 6.14. The number of aryl methyl sites for hydroxylation is 1. The number of hydrogen-bond donors (Lipinski definition) is 1. The summed E-state index contributed by atoms with van der Waals surface area (Å²) >= 11 is 0. The van der Waals surface area contributed by atoms with Crippen molar-refractivity contribution in [1.29, 1.82) is 0 Å². The Balaban J connectivity index is 1.45. The Labute approximate surface area is 174 Å². The lowest BCUT2D eigenvalue weighted by Crippen LogP contribution is -2.57. The van der Waals surface area contributed by atoms with E-state index in [0.29, 0.717) is 17.6 Å². The minimum absolute atomic E-state index is 0.0374. The maximum atomic E-state index is 11.1. The SMILES string of the molecule is C=C1[C@@H]2Oc3cc(C(C)(C)CCc4ccccc4)cc(O)c3[C@@H]2[C@H]2C[C@@H]1C2(C)C. The van der Waals surface area contributed by atoms with Gasteiger partial charge in [0.2, 0.25) is 0 Å². The number of benzene rings is 2. The van der Waals surface area contributed by atoms with E-state index >= 15 is 0 Å². The molecule has 29 heavy (non-hydrogen) atoms. The molecule has 3 saturated carbocycles. The molecular formula is C27H32O2. The molecule has 4 atom stereocenters. The third-order valence-corrected chi connectivity index (χ3v) is 8.29. The van der Waals surface area contributed by atoms with E-state index in [1.54, 1.807) is 0 Å². The number of phenols is 1. The summed E-state index contributed by atoms with van der Waals surface area (Å²) in [6, 6.07) is 14.8. The van der Waals surface area contributed by atoms with Gasteiger partial charge in [0.25, 0.3) is 0 Å². The zero-order valence-electron chi connectivity index (χ0n) is 18.0. The summed E-state index contributed by atoms with van der Waals surface area (Å²) in [7, 11) is 0. The Kier molecular flexibility index (Phi) is 3.98. The molecule has 3 aliphatic carbocycles. The number of phenolic OH excluding ortho intramolecular Hbond substituents is 1. The molecule has 2 bridgehead atoms. The van der Waals surface area contributed by atoms with Crippen molar-refractivity contribution in [3.05, 3.63) is 71.3 Å². The number of fused-ring (bicyclic) bond motifs is 1. The Morgan fingerprint density at radius 1 is 1.17 bits per heavy atom. The molecule has 4 aliphatic rings. The van der Waals surface area contributed by atoms with Gasteiger partial charge in [0, 0.05) is 11.5 Å². The van der Waals surface area contributed by atoms with Crippen LogP contribution in [0.25, 0.3) is 0 Å². The molecule has 0 radical (unpaired) electrons. The first-order chi connectivity index (χ1) is 13.7. The van der Waals surface area contributed by atoms with E-state index in [0.717, 1.165) is 29.7 Å². The minimum atomic E-state index is -0.0438. The summed E-state index contributed by atoms with van der Waals surface area (Å²) in [6.45, 7) is 13.6. The first-order valence-electron chi connectivity index (χ1n) is 11.0. The standard InChI is InChI=1S/C27H32O2/c1-16-19-15-20(27(19,4)5)23-24-21(28)13-18(14-22(24)29-25(16)23)26(2,3)12-11-17-9-7-6-8-10-17/h6-10,13-14,19-20,23,25,28H,1,11-12,15H2,2-5H3/t19-,20+,23-,25-/m0/s1. The van der Waals surface area contributed by atoms with Crippen molar-refractivity contribution in [3.63, 3.8) is 0 Å². The fourth-order valence-corrected chi connectivity index (χ4v) is 6.16. The summed E-state index contributed by atoms with van der Waals surface area (Å²) in [5.74, 6) is 2.65. The molecule has 2 nitrogen and oxygen atoms in total. The van der Waals surface area contributed by atoms with Gasteiger partial charge >= 0.3 is 0 Å². The van der Waals surface area contributed by atoms with Crippen LogP contribution in [-0.4, -0.2) is 11.2 Å². The van der Waals surface area contributed by atoms with Crippen molar-refractivity contribution >= 4 is 0 Å². The third-order valence-electron chi connectivity index (χ3n) is 8.29. The highest BCUT2D eigenvalue weighted by Gasteiger charge is 2.63. The lowest BCUT2D eigenvalue weighted by atomic mass is 9.43. The van der Waals surface area contributed by atoms with Gasteiger partial charge in [-0.15, -0.1) is 0 Å². The quantitative estimate of drug-likeness (QED) is 0.616. The Morgan fingerprint density at radius 3 is 2.59 bits per heavy atom. The molecule has 0 amide bonds. The van der Waals surface area contributed by atoms with Gasteiger partial charge in [-0.3, -0.25) is 0 Å². The Morgan fingerprint density at radius 2 is 1.90 bits per heavy atom. The predicted octanol–water partition coefficient (Wildman–Crippen LogP) is 6.38. The van der Waals surface area contributed by atoms with Crippen LogP contribution in [0, 0.1) is 17.3 Å². The van der Waals surface area contributed by atoms with E-state index in [1.807, 2.05) is 6.07 Å². The summed E-state index contributed by atoms with van der Waals surface area (Å²) < 4.78 is 6.44. The van der Waals surface area contributed by atoms with Crippen molar-refractivity contribution < 1.29 is 9.84 Å². The highest BCUT2D eigenvalue weighted by molar-refractivity contribution is 5.57. The molecule has 1 aliphatic heterocycles. The average molecular weight is 389 g/mol. The molecular weight excluding hydrogens is 356 g/mol. The zero-order valence-corrected chi connectivity index (χ0v) is 18.0. The van der Waals surface area contributed by atoms with Crippen molar-refractivity contribution in [2.75, 3.05) is 0 Å². The second-order valence-electron chi connectivity index (χ2n) is 10.6. The van der Waals surface area contributed by atoms with Crippen LogP contribution in [0.3, 0.4) is 0 Å². The van der Waals surface area contributed by atoms with Crippen LogP contribution < -0.4 is 4.74 Å². The molecule has 2 heteroatoms. The smallest absolute Gasteiger partial charge is 0.127 e. The van der Waals surface area contributed by atoms with Crippen molar-refractivity contribution in [2.45, 2.75) is 64.4 Å². The average Bonchev–Trinajstić information content (AvgIpc) is 3.07. The molecule has 152 valence electrons. The van der Waals surface area contributed by atoms with Gasteiger partial charge in [0.1, 0.15) is 17.6 Å². The summed E-state index contributed by atoms with van der Waals surface area (Å²) in [4.78, 5) is 0. The second-order valence-corrected chi connectivity index (χ2v) is 10.6.